The van der Waals surface area contributed by atoms with Crippen molar-refractivity contribution in [1.29, 1.82) is 0 Å². The Bertz CT molecular complexity index is 376. The fraction of sp³-hybridized carbons (Fsp3) is 1.00. The summed E-state index contributed by atoms with van der Waals surface area (Å²) in [6.45, 7) is 9.07. The molecule has 2 rings (SSSR count). The summed E-state index contributed by atoms with van der Waals surface area (Å²) in [5, 5.41) is 0. The molecule has 19 heavy (non-hydrogen) atoms. The maximum absolute atomic E-state index is 12.4. The van der Waals surface area contributed by atoms with Crippen molar-refractivity contribution in [3.8, 4) is 0 Å². The van der Waals surface area contributed by atoms with Crippen LogP contribution in [0, 0.1) is 10.8 Å². The molecule has 0 N–H and O–H groups in total. The zero-order valence-electron chi connectivity index (χ0n) is 11.9. The second-order valence-corrected chi connectivity index (χ2v) is 11.4. The summed E-state index contributed by atoms with van der Waals surface area (Å²) in [7, 11) is -6.76. The van der Waals surface area contributed by atoms with Gasteiger partial charge in [-0.3, -0.25) is 9.13 Å². The van der Waals surface area contributed by atoms with Crippen molar-refractivity contribution in [3.63, 3.8) is 0 Å². The van der Waals surface area contributed by atoms with E-state index in [1.807, 2.05) is 27.7 Å². The Morgan fingerprint density at radius 3 is 1.26 bits per heavy atom. The Balaban J connectivity index is 1.98. The quantitative estimate of drug-likeness (QED) is 0.727. The Labute approximate surface area is 114 Å². The highest BCUT2D eigenvalue weighted by Crippen LogP contribution is 2.67. The molecule has 2 fully saturated rings. The van der Waals surface area contributed by atoms with Crippen LogP contribution in [0.15, 0.2) is 0 Å². The second-order valence-electron chi connectivity index (χ2n) is 6.79. The molecule has 0 aromatic heterocycles. The third-order valence-electron chi connectivity index (χ3n) is 2.95. The van der Waals surface area contributed by atoms with Gasteiger partial charge < -0.3 is 18.1 Å². The summed E-state index contributed by atoms with van der Waals surface area (Å²) in [5.74, 6) is -0.299. The summed E-state index contributed by atoms with van der Waals surface area (Å²) < 4.78 is 46.0. The van der Waals surface area contributed by atoms with Crippen LogP contribution in [-0.2, 0) is 27.2 Å². The van der Waals surface area contributed by atoms with Crippen LogP contribution in [0.5, 0.6) is 0 Å². The topological polar surface area (TPSA) is 71.1 Å². The molecule has 0 unspecified atom stereocenters. The number of hydrogen-bond acceptors (Lipinski definition) is 6. The van der Waals surface area contributed by atoms with Gasteiger partial charge in [0.2, 0.25) is 0 Å². The minimum atomic E-state index is -3.38. The van der Waals surface area contributed by atoms with Crippen molar-refractivity contribution in [1.82, 2.24) is 0 Å². The van der Waals surface area contributed by atoms with Gasteiger partial charge in [0.25, 0.3) is 0 Å². The minimum absolute atomic E-state index is 0.182. The molecule has 0 atom stereocenters. The van der Waals surface area contributed by atoms with Gasteiger partial charge >= 0.3 is 15.2 Å². The van der Waals surface area contributed by atoms with Gasteiger partial charge in [0.05, 0.1) is 26.4 Å². The van der Waals surface area contributed by atoms with Crippen molar-refractivity contribution in [3.05, 3.63) is 0 Å². The molecular weight excluding hydrogens is 290 g/mol. The highest BCUT2D eigenvalue weighted by molar-refractivity contribution is 7.71. The lowest BCUT2D eigenvalue weighted by atomic mass is 9.97. The third-order valence-corrected chi connectivity index (χ3v) is 7.82. The molecule has 2 aliphatic rings. The molecule has 2 saturated heterocycles. The van der Waals surface area contributed by atoms with Crippen molar-refractivity contribution >= 4 is 15.2 Å². The SMILES string of the molecule is CC1(C)COP(=O)(CP2(=O)OCC(C)(C)CO2)OC1. The van der Waals surface area contributed by atoms with E-state index in [0.29, 0.717) is 26.4 Å². The van der Waals surface area contributed by atoms with Crippen LogP contribution in [-0.4, -0.2) is 32.3 Å². The molecule has 0 spiro atoms. The fourth-order valence-corrected chi connectivity index (χ4v) is 6.96. The zero-order chi connectivity index (χ0) is 14.4. The van der Waals surface area contributed by atoms with Gasteiger partial charge in [-0.1, -0.05) is 27.7 Å². The lowest BCUT2D eigenvalue weighted by molar-refractivity contribution is 0.0329. The smallest absolute Gasteiger partial charge is 0.307 e. The molecule has 0 bridgehead atoms. The normalized spacial score (nSPS) is 31.8. The van der Waals surface area contributed by atoms with Gasteiger partial charge in [-0.15, -0.1) is 0 Å². The Morgan fingerprint density at radius 2 is 1.00 bits per heavy atom. The summed E-state index contributed by atoms with van der Waals surface area (Å²) in [6, 6.07) is 0. The first-order valence-electron chi connectivity index (χ1n) is 6.30. The lowest BCUT2D eigenvalue weighted by Gasteiger charge is -2.37. The predicted octanol–water partition coefficient (Wildman–Crippen LogP) is 3.48. The van der Waals surface area contributed by atoms with Crippen molar-refractivity contribution in [2.45, 2.75) is 27.7 Å². The van der Waals surface area contributed by atoms with E-state index in [9.17, 15) is 9.13 Å². The first-order chi connectivity index (χ1) is 8.54. The highest BCUT2D eigenvalue weighted by Gasteiger charge is 2.46. The Kier molecular flexibility index (Phi) is 4.08. The number of hydrogen-bond donors (Lipinski definition) is 0. The van der Waals surface area contributed by atoms with Crippen LogP contribution in [0.2, 0.25) is 0 Å². The standard InChI is InChI=1S/C11H22O6P2/c1-10(2)5-14-18(12,15-6-10)9-19(13)16-7-11(3,4)8-17-19/h5-9H2,1-4H3. The number of rotatable bonds is 2. The summed E-state index contributed by atoms with van der Waals surface area (Å²) in [6.07, 6.45) is 0. The van der Waals surface area contributed by atoms with Gasteiger partial charge in [0.15, 0.2) is 5.90 Å². The first-order valence-corrected chi connectivity index (χ1v) is 9.75. The van der Waals surface area contributed by atoms with E-state index in [4.69, 9.17) is 18.1 Å². The van der Waals surface area contributed by atoms with E-state index < -0.39 is 15.2 Å². The van der Waals surface area contributed by atoms with E-state index in [2.05, 4.69) is 0 Å². The molecule has 0 aliphatic carbocycles. The second kappa shape index (κ2) is 4.94. The molecule has 2 aliphatic heterocycles. The highest BCUT2D eigenvalue weighted by atomic mass is 31.2. The molecule has 0 radical (unpaired) electrons. The molecule has 0 aromatic carbocycles. The van der Waals surface area contributed by atoms with Crippen LogP contribution in [0.25, 0.3) is 0 Å². The largest absolute Gasteiger partial charge is 0.342 e. The third kappa shape index (κ3) is 4.13. The predicted molar refractivity (Wildman–Crippen MR) is 71.5 cm³/mol. The molecule has 0 saturated carbocycles. The lowest BCUT2D eigenvalue weighted by Crippen LogP contribution is -2.32. The Hall–Kier alpha value is 0.300. The zero-order valence-corrected chi connectivity index (χ0v) is 13.7. The molecule has 6 nitrogen and oxygen atoms in total. The average molecular weight is 312 g/mol. The van der Waals surface area contributed by atoms with Crippen molar-refractivity contribution in [2.75, 3.05) is 32.3 Å². The summed E-state index contributed by atoms with van der Waals surface area (Å²) in [5.41, 5.74) is -0.364. The van der Waals surface area contributed by atoms with Gasteiger partial charge in [-0.05, 0) is 0 Å². The van der Waals surface area contributed by atoms with Gasteiger partial charge in [-0.2, -0.15) is 0 Å². The summed E-state index contributed by atoms with van der Waals surface area (Å²) in [4.78, 5) is 0. The molecule has 8 heteroatoms. The minimum Gasteiger partial charge on any atom is -0.307 e. The van der Waals surface area contributed by atoms with Crippen LogP contribution in [0.1, 0.15) is 27.7 Å². The average Bonchev–Trinajstić information content (AvgIpc) is 2.29. The first kappa shape index (κ1) is 15.7. The monoisotopic (exact) mass is 312 g/mol. The van der Waals surface area contributed by atoms with E-state index in [-0.39, 0.29) is 16.7 Å². The van der Waals surface area contributed by atoms with Crippen LogP contribution in [0.4, 0.5) is 0 Å². The van der Waals surface area contributed by atoms with Gasteiger partial charge in [0.1, 0.15) is 0 Å². The van der Waals surface area contributed by atoms with Crippen LogP contribution >= 0.6 is 15.2 Å². The molecular formula is C11H22O6P2. The van der Waals surface area contributed by atoms with Gasteiger partial charge in [-0.25, -0.2) is 0 Å². The van der Waals surface area contributed by atoms with E-state index in [1.54, 1.807) is 0 Å². The maximum atomic E-state index is 12.4. The van der Waals surface area contributed by atoms with E-state index >= 15 is 0 Å². The summed E-state index contributed by atoms with van der Waals surface area (Å²) >= 11 is 0. The maximum Gasteiger partial charge on any atom is 0.342 e. The van der Waals surface area contributed by atoms with Crippen molar-refractivity contribution in [2.24, 2.45) is 10.8 Å². The van der Waals surface area contributed by atoms with E-state index in [1.165, 1.54) is 0 Å². The molecule has 112 valence electrons. The van der Waals surface area contributed by atoms with Crippen LogP contribution < -0.4 is 0 Å². The van der Waals surface area contributed by atoms with Gasteiger partial charge in [0, 0.05) is 10.8 Å². The van der Waals surface area contributed by atoms with Crippen LogP contribution in [0.3, 0.4) is 0 Å². The van der Waals surface area contributed by atoms with Crippen molar-refractivity contribution < 1.29 is 27.2 Å². The Morgan fingerprint density at radius 1 is 0.737 bits per heavy atom. The molecule has 2 heterocycles. The fourth-order valence-electron chi connectivity index (χ4n) is 1.63. The van der Waals surface area contributed by atoms with E-state index in [0.717, 1.165) is 0 Å². The molecule has 0 aromatic rings. The molecule has 0 amide bonds.